The van der Waals surface area contributed by atoms with Crippen LogP contribution >= 0.6 is 0 Å². The smallest absolute Gasteiger partial charge is 0.155 e. The van der Waals surface area contributed by atoms with Gasteiger partial charge in [-0.25, -0.2) is 0 Å². The van der Waals surface area contributed by atoms with E-state index in [1.165, 1.54) is 12.8 Å². The number of carbonyl (C=O) groups excluding carboxylic acids is 1. The van der Waals surface area contributed by atoms with E-state index in [0.29, 0.717) is 12.0 Å². The summed E-state index contributed by atoms with van der Waals surface area (Å²) in [5, 5.41) is 0. The van der Waals surface area contributed by atoms with Crippen LogP contribution in [0.2, 0.25) is 0 Å². The molecule has 0 saturated carbocycles. The van der Waals surface area contributed by atoms with E-state index in [1.54, 1.807) is 6.08 Å². The molecule has 0 radical (unpaired) electrons. The molecule has 0 aromatic rings. The van der Waals surface area contributed by atoms with E-state index in [2.05, 4.69) is 6.08 Å². The number of rotatable bonds is 2. The number of ketones is 1. The van der Waals surface area contributed by atoms with Crippen LogP contribution in [0.4, 0.5) is 0 Å². The van der Waals surface area contributed by atoms with Crippen molar-refractivity contribution < 1.29 is 9.53 Å². The molecule has 0 amide bonds. The lowest BCUT2D eigenvalue weighted by Gasteiger charge is -2.18. The second kappa shape index (κ2) is 4.05. The molecule has 1 fully saturated rings. The molecule has 13 heavy (non-hydrogen) atoms. The van der Waals surface area contributed by atoms with E-state index in [4.69, 9.17) is 4.74 Å². The van der Waals surface area contributed by atoms with Gasteiger partial charge in [0, 0.05) is 13.0 Å². The van der Waals surface area contributed by atoms with Crippen molar-refractivity contribution in [3.63, 3.8) is 0 Å². The van der Waals surface area contributed by atoms with Gasteiger partial charge in [-0.1, -0.05) is 6.08 Å². The zero-order valence-corrected chi connectivity index (χ0v) is 7.87. The van der Waals surface area contributed by atoms with Crippen molar-refractivity contribution in [2.75, 3.05) is 6.61 Å². The molecule has 1 aliphatic heterocycles. The van der Waals surface area contributed by atoms with Crippen molar-refractivity contribution in [3.05, 3.63) is 12.2 Å². The van der Waals surface area contributed by atoms with E-state index in [1.807, 2.05) is 0 Å². The molecule has 0 aromatic carbocycles. The highest BCUT2D eigenvalue weighted by Crippen LogP contribution is 2.25. The summed E-state index contributed by atoms with van der Waals surface area (Å²) < 4.78 is 5.56. The maximum Gasteiger partial charge on any atom is 0.155 e. The third-order valence-electron chi connectivity index (χ3n) is 2.91. The first-order chi connectivity index (χ1) is 6.34. The van der Waals surface area contributed by atoms with Gasteiger partial charge in [0.15, 0.2) is 5.78 Å². The molecule has 2 rings (SSSR count). The standard InChI is InChI=1S/C11H16O2/c12-10-5-3-9(4-6-10)8-11-2-1-7-13-11/h3,5,9,11H,1-2,4,6-8H2/t9-,11+/m0/s1. The lowest BCUT2D eigenvalue weighted by molar-refractivity contribution is -0.115. The average Bonchev–Trinajstić information content (AvgIpc) is 2.62. The first-order valence-electron chi connectivity index (χ1n) is 5.17. The highest BCUT2D eigenvalue weighted by molar-refractivity contribution is 5.90. The monoisotopic (exact) mass is 180 g/mol. The van der Waals surface area contributed by atoms with E-state index in [-0.39, 0.29) is 5.78 Å². The molecule has 0 aromatic heterocycles. The molecule has 2 aliphatic rings. The predicted octanol–water partition coefficient (Wildman–Crippen LogP) is 2.09. The summed E-state index contributed by atoms with van der Waals surface area (Å²) in [7, 11) is 0. The third kappa shape index (κ3) is 2.41. The summed E-state index contributed by atoms with van der Waals surface area (Å²) in [6.45, 7) is 0.931. The average molecular weight is 180 g/mol. The van der Waals surface area contributed by atoms with Crippen molar-refractivity contribution in [1.82, 2.24) is 0 Å². The van der Waals surface area contributed by atoms with Crippen molar-refractivity contribution >= 4 is 5.78 Å². The van der Waals surface area contributed by atoms with E-state index >= 15 is 0 Å². The van der Waals surface area contributed by atoms with Gasteiger partial charge in [0.2, 0.25) is 0 Å². The van der Waals surface area contributed by atoms with Gasteiger partial charge in [0.05, 0.1) is 6.10 Å². The van der Waals surface area contributed by atoms with Crippen molar-refractivity contribution in [2.24, 2.45) is 5.92 Å². The van der Waals surface area contributed by atoms with E-state index in [9.17, 15) is 4.79 Å². The molecule has 2 heteroatoms. The van der Waals surface area contributed by atoms with Gasteiger partial charge in [0.25, 0.3) is 0 Å². The molecule has 1 heterocycles. The zero-order chi connectivity index (χ0) is 9.10. The Labute approximate surface area is 79.0 Å². The second-order valence-electron chi connectivity index (χ2n) is 3.99. The minimum absolute atomic E-state index is 0.281. The number of allylic oxidation sites excluding steroid dienone is 2. The lowest BCUT2D eigenvalue weighted by atomic mass is 9.90. The fourth-order valence-corrected chi connectivity index (χ4v) is 2.11. The number of carbonyl (C=O) groups is 1. The summed E-state index contributed by atoms with van der Waals surface area (Å²) in [4.78, 5) is 10.9. The van der Waals surface area contributed by atoms with Crippen LogP contribution in [0.5, 0.6) is 0 Å². The molecule has 72 valence electrons. The van der Waals surface area contributed by atoms with Crippen LogP contribution in [-0.2, 0) is 9.53 Å². The summed E-state index contributed by atoms with van der Waals surface area (Å²) >= 11 is 0. The van der Waals surface area contributed by atoms with E-state index in [0.717, 1.165) is 25.9 Å². The van der Waals surface area contributed by atoms with Crippen molar-refractivity contribution in [1.29, 1.82) is 0 Å². The molecule has 2 nitrogen and oxygen atoms in total. The van der Waals surface area contributed by atoms with Gasteiger partial charge in [-0.2, -0.15) is 0 Å². The summed E-state index contributed by atoms with van der Waals surface area (Å²) in [5.41, 5.74) is 0. The minimum Gasteiger partial charge on any atom is -0.378 e. The summed E-state index contributed by atoms with van der Waals surface area (Å²) in [6, 6.07) is 0. The Morgan fingerprint density at radius 1 is 1.46 bits per heavy atom. The van der Waals surface area contributed by atoms with Gasteiger partial charge < -0.3 is 4.74 Å². The van der Waals surface area contributed by atoms with Crippen LogP contribution in [0.25, 0.3) is 0 Å². The molecular formula is C11H16O2. The topological polar surface area (TPSA) is 26.3 Å². The third-order valence-corrected chi connectivity index (χ3v) is 2.91. The summed E-state index contributed by atoms with van der Waals surface area (Å²) in [5.74, 6) is 0.865. The van der Waals surface area contributed by atoms with Gasteiger partial charge in [-0.05, 0) is 37.7 Å². The molecule has 0 unspecified atom stereocenters. The van der Waals surface area contributed by atoms with Crippen LogP contribution in [0, 0.1) is 5.92 Å². The van der Waals surface area contributed by atoms with Crippen LogP contribution in [0.15, 0.2) is 12.2 Å². The second-order valence-corrected chi connectivity index (χ2v) is 3.99. The lowest BCUT2D eigenvalue weighted by Crippen LogP contribution is -2.15. The molecule has 1 saturated heterocycles. The first kappa shape index (κ1) is 8.95. The van der Waals surface area contributed by atoms with Gasteiger partial charge in [0.1, 0.15) is 0 Å². The van der Waals surface area contributed by atoms with Crippen molar-refractivity contribution in [3.8, 4) is 0 Å². The Morgan fingerprint density at radius 3 is 3.00 bits per heavy atom. The number of hydrogen-bond acceptors (Lipinski definition) is 2. The maximum absolute atomic E-state index is 10.9. The molecule has 0 spiro atoms. The molecule has 1 aliphatic carbocycles. The van der Waals surface area contributed by atoms with Gasteiger partial charge in [-0.15, -0.1) is 0 Å². The van der Waals surface area contributed by atoms with Crippen molar-refractivity contribution in [2.45, 2.75) is 38.2 Å². The van der Waals surface area contributed by atoms with Crippen LogP contribution in [0.3, 0.4) is 0 Å². The Kier molecular flexibility index (Phi) is 2.79. The quantitative estimate of drug-likeness (QED) is 0.650. The van der Waals surface area contributed by atoms with Gasteiger partial charge >= 0.3 is 0 Å². The van der Waals surface area contributed by atoms with Gasteiger partial charge in [-0.3, -0.25) is 4.79 Å². The Morgan fingerprint density at radius 2 is 2.38 bits per heavy atom. The Hall–Kier alpha value is -0.630. The fraction of sp³-hybridized carbons (Fsp3) is 0.727. The summed E-state index contributed by atoms with van der Waals surface area (Å²) in [6.07, 6.45) is 9.55. The predicted molar refractivity (Wildman–Crippen MR) is 50.5 cm³/mol. The van der Waals surface area contributed by atoms with Crippen LogP contribution < -0.4 is 0 Å². The highest BCUT2D eigenvalue weighted by atomic mass is 16.5. The molecular weight excluding hydrogens is 164 g/mol. The Balaban J connectivity index is 1.81. The molecule has 2 atom stereocenters. The number of ether oxygens (including phenoxy) is 1. The normalized spacial score (nSPS) is 34.0. The SMILES string of the molecule is O=C1C=C[C@H](C[C@H]2CCCO2)CC1. The largest absolute Gasteiger partial charge is 0.378 e. The first-order valence-corrected chi connectivity index (χ1v) is 5.17. The highest BCUT2D eigenvalue weighted by Gasteiger charge is 2.21. The Bertz CT molecular complexity index is 214. The molecule has 0 bridgehead atoms. The zero-order valence-electron chi connectivity index (χ0n) is 7.87. The minimum atomic E-state index is 0.281. The number of hydrogen-bond donors (Lipinski definition) is 0. The van der Waals surface area contributed by atoms with Crippen LogP contribution in [0.1, 0.15) is 32.1 Å². The molecule has 0 N–H and O–H groups in total. The van der Waals surface area contributed by atoms with Crippen LogP contribution in [-0.4, -0.2) is 18.5 Å². The maximum atomic E-state index is 10.9. The fourth-order valence-electron chi connectivity index (χ4n) is 2.11. The van der Waals surface area contributed by atoms with E-state index < -0.39 is 0 Å².